The van der Waals surface area contributed by atoms with Crippen LogP contribution in [0.25, 0.3) is 10.9 Å². The predicted octanol–water partition coefficient (Wildman–Crippen LogP) is 3.54. The van der Waals surface area contributed by atoms with E-state index in [0.717, 1.165) is 55.5 Å². The molecule has 2 fully saturated rings. The van der Waals surface area contributed by atoms with Gasteiger partial charge >= 0.3 is 5.97 Å². The van der Waals surface area contributed by atoms with Crippen molar-refractivity contribution in [3.63, 3.8) is 0 Å². The number of esters is 1. The number of para-hydroxylation sites is 1. The van der Waals surface area contributed by atoms with Crippen molar-refractivity contribution in [3.8, 4) is 0 Å². The number of aromatic nitrogens is 1. The number of benzene rings is 1. The first kappa shape index (κ1) is 19.7. The normalized spacial score (nSPS) is 19.8. The van der Waals surface area contributed by atoms with Crippen LogP contribution in [0.2, 0.25) is 0 Å². The molecule has 1 aliphatic heterocycles. The molecule has 1 N–H and O–H groups in total. The van der Waals surface area contributed by atoms with E-state index in [-0.39, 0.29) is 17.8 Å². The van der Waals surface area contributed by atoms with E-state index in [1.807, 2.05) is 44.2 Å². The first-order chi connectivity index (χ1) is 13.9. The first-order valence-corrected chi connectivity index (χ1v) is 10.4. The Morgan fingerprint density at radius 2 is 1.97 bits per heavy atom. The average molecular weight is 396 g/mol. The zero-order valence-corrected chi connectivity index (χ0v) is 17.4. The van der Waals surface area contributed by atoms with Gasteiger partial charge in [-0.25, -0.2) is 4.98 Å². The monoisotopic (exact) mass is 395 g/mol. The van der Waals surface area contributed by atoms with Crippen LogP contribution in [0.5, 0.6) is 0 Å². The number of amides is 1. The van der Waals surface area contributed by atoms with E-state index in [9.17, 15) is 9.59 Å². The largest absolute Gasteiger partial charge is 0.469 e. The Labute approximate surface area is 171 Å². The molecule has 1 saturated heterocycles. The number of carbonyl (C=O) groups is 2. The van der Waals surface area contributed by atoms with Crippen LogP contribution in [0.1, 0.15) is 49.9 Å². The number of ether oxygens (including phenoxy) is 1. The minimum atomic E-state index is -0.559. The Morgan fingerprint density at radius 1 is 1.21 bits per heavy atom. The van der Waals surface area contributed by atoms with E-state index >= 15 is 0 Å². The summed E-state index contributed by atoms with van der Waals surface area (Å²) < 4.78 is 5.03. The summed E-state index contributed by atoms with van der Waals surface area (Å²) in [7, 11) is 1.44. The van der Waals surface area contributed by atoms with Gasteiger partial charge in [0.25, 0.3) is 5.91 Å². The lowest BCUT2D eigenvalue weighted by molar-refractivity contribution is -0.154. The van der Waals surface area contributed by atoms with Crippen molar-refractivity contribution in [3.05, 3.63) is 35.9 Å². The molecule has 6 heteroatoms. The van der Waals surface area contributed by atoms with Crippen molar-refractivity contribution in [2.24, 2.45) is 11.3 Å². The number of methoxy groups -OCH3 is 1. The molecule has 0 bridgehead atoms. The molecule has 1 amide bonds. The van der Waals surface area contributed by atoms with Crippen LogP contribution in [0, 0.1) is 11.3 Å². The van der Waals surface area contributed by atoms with Crippen LogP contribution in [0.15, 0.2) is 30.3 Å². The Balaban J connectivity index is 1.66. The molecule has 1 aromatic heterocycles. The van der Waals surface area contributed by atoms with Crippen LogP contribution in [0.4, 0.5) is 5.82 Å². The number of hydrogen-bond donors (Lipinski definition) is 1. The highest BCUT2D eigenvalue weighted by Crippen LogP contribution is 2.37. The van der Waals surface area contributed by atoms with Crippen LogP contribution in [-0.2, 0) is 9.53 Å². The molecule has 1 aliphatic carbocycles. The van der Waals surface area contributed by atoms with Crippen molar-refractivity contribution in [2.75, 3.05) is 25.1 Å². The third kappa shape index (κ3) is 3.93. The van der Waals surface area contributed by atoms with E-state index < -0.39 is 5.41 Å². The number of anilines is 1. The minimum absolute atomic E-state index is 0.0317. The first-order valence-electron chi connectivity index (χ1n) is 10.4. The van der Waals surface area contributed by atoms with Crippen molar-refractivity contribution in [1.82, 2.24) is 10.3 Å². The third-order valence-electron chi connectivity index (χ3n) is 6.34. The molecule has 0 radical (unpaired) electrons. The maximum atomic E-state index is 12.9. The number of hydrogen-bond acceptors (Lipinski definition) is 5. The second-order valence-electron chi connectivity index (χ2n) is 8.79. The third-order valence-corrected chi connectivity index (χ3v) is 6.34. The predicted molar refractivity (Wildman–Crippen MR) is 113 cm³/mol. The zero-order valence-electron chi connectivity index (χ0n) is 17.4. The summed E-state index contributed by atoms with van der Waals surface area (Å²) >= 11 is 0. The molecule has 2 heterocycles. The van der Waals surface area contributed by atoms with Gasteiger partial charge in [-0.05, 0) is 57.6 Å². The van der Waals surface area contributed by atoms with Gasteiger partial charge in [-0.3, -0.25) is 9.59 Å². The molecule has 1 atom stereocenters. The van der Waals surface area contributed by atoms with Crippen LogP contribution < -0.4 is 10.2 Å². The number of piperidine rings is 1. The smallest absolute Gasteiger partial charge is 0.311 e. The van der Waals surface area contributed by atoms with Crippen LogP contribution >= 0.6 is 0 Å². The summed E-state index contributed by atoms with van der Waals surface area (Å²) in [4.78, 5) is 32.2. The topological polar surface area (TPSA) is 71.5 Å². The fourth-order valence-corrected chi connectivity index (χ4v) is 4.21. The highest BCUT2D eigenvalue weighted by molar-refractivity contribution is 6.07. The molecule has 6 nitrogen and oxygen atoms in total. The van der Waals surface area contributed by atoms with Crippen molar-refractivity contribution < 1.29 is 14.3 Å². The molecule has 29 heavy (non-hydrogen) atoms. The molecule has 1 saturated carbocycles. The van der Waals surface area contributed by atoms with Gasteiger partial charge in [0.2, 0.25) is 0 Å². The van der Waals surface area contributed by atoms with E-state index in [0.29, 0.717) is 11.6 Å². The highest BCUT2D eigenvalue weighted by Gasteiger charge is 2.40. The van der Waals surface area contributed by atoms with Gasteiger partial charge < -0.3 is 15.0 Å². The number of carbonyl (C=O) groups excluding carboxylic acids is 2. The molecular weight excluding hydrogens is 366 g/mol. The van der Waals surface area contributed by atoms with Gasteiger partial charge in [0.15, 0.2) is 0 Å². The lowest BCUT2D eigenvalue weighted by Gasteiger charge is -2.40. The number of nitrogens with zero attached hydrogens (tertiary/aromatic N) is 2. The zero-order chi connectivity index (χ0) is 20.6. The van der Waals surface area contributed by atoms with Gasteiger partial charge in [-0.15, -0.1) is 0 Å². The molecule has 1 unspecified atom stereocenters. The molecule has 2 aliphatic rings. The maximum absolute atomic E-state index is 12.9. The summed E-state index contributed by atoms with van der Waals surface area (Å²) in [5.74, 6) is 0.756. The Hall–Kier alpha value is -2.63. The second-order valence-corrected chi connectivity index (χ2v) is 8.79. The molecule has 154 valence electrons. The number of fused-ring (bicyclic) bond motifs is 1. The second kappa shape index (κ2) is 7.65. The SMILES string of the molecule is COC(=O)C(C)(C)C1CCCN(c2cc(C(=O)NC3CC3)c3ccccc3n2)C1. The van der Waals surface area contributed by atoms with Crippen LogP contribution in [-0.4, -0.2) is 43.1 Å². The van der Waals surface area contributed by atoms with Gasteiger partial charge in [0, 0.05) is 24.5 Å². The summed E-state index contributed by atoms with van der Waals surface area (Å²) in [6.45, 7) is 5.49. The van der Waals surface area contributed by atoms with Gasteiger partial charge in [-0.2, -0.15) is 0 Å². The van der Waals surface area contributed by atoms with Crippen molar-refractivity contribution in [1.29, 1.82) is 0 Å². The van der Waals surface area contributed by atoms with Gasteiger partial charge in [0.05, 0.1) is 23.6 Å². The van der Waals surface area contributed by atoms with Crippen LogP contribution in [0.3, 0.4) is 0 Å². The fraction of sp³-hybridized carbons (Fsp3) is 0.522. The highest BCUT2D eigenvalue weighted by atomic mass is 16.5. The Bertz CT molecular complexity index is 936. The van der Waals surface area contributed by atoms with Gasteiger partial charge in [0.1, 0.15) is 5.82 Å². The summed E-state index contributed by atoms with van der Waals surface area (Å²) in [6.07, 6.45) is 4.06. The summed E-state index contributed by atoms with van der Waals surface area (Å²) in [5, 5.41) is 3.97. The average Bonchev–Trinajstić information content (AvgIpc) is 3.56. The summed E-state index contributed by atoms with van der Waals surface area (Å²) in [6, 6.07) is 10.0. The quantitative estimate of drug-likeness (QED) is 0.784. The molecule has 4 rings (SSSR count). The number of rotatable bonds is 5. The molecular formula is C23H29N3O3. The van der Waals surface area contributed by atoms with E-state index in [1.54, 1.807) is 0 Å². The maximum Gasteiger partial charge on any atom is 0.311 e. The summed E-state index contributed by atoms with van der Waals surface area (Å²) in [5.41, 5.74) is 0.934. The number of pyridine rings is 1. The van der Waals surface area contributed by atoms with Gasteiger partial charge in [-0.1, -0.05) is 18.2 Å². The Kier molecular flexibility index (Phi) is 5.19. The standard InChI is InChI=1S/C23H29N3O3/c1-23(2,22(28)29-3)15-7-6-12-26(14-15)20-13-18(21(27)24-16-10-11-16)17-8-4-5-9-19(17)25-20/h4-5,8-9,13,15-16H,6-7,10-12,14H2,1-3H3,(H,24,27). The van der Waals surface area contributed by atoms with E-state index in [4.69, 9.17) is 9.72 Å². The van der Waals surface area contributed by atoms with E-state index in [1.165, 1.54) is 7.11 Å². The van der Waals surface area contributed by atoms with E-state index in [2.05, 4.69) is 10.2 Å². The lowest BCUT2D eigenvalue weighted by atomic mass is 9.74. The number of nitrogens with one attached hydrogen (secondary N) is 1. The Morgan fingerprint density at radius 3 is 2.69 bits per heavy atom. The molecule has 0 spiro atoms. The fourth-order valence-electron chi connectivity index (χ4n) is 4.21. The molecule has 1 aromatic carbocycles. The lowest BCUT2D eigenvalue weighted by Crippen LogP contribution is -2.45. The molecule has 2 aromatic rings. The van der Waals surface area contributed by atoms with Crippen molar-refractivity contribution in [2.45, 2.75) is 45.6 Å². The van der Waals surface area contributed by atoms with Crippen molar-refractivity contribution >= 4 is 28.6 Å². The minimum Gasteiger partial charge on any atom is -0.469 e.